The molecule has 0 bridgehead atoms. The third kappa shape index (κ3) is 1.93. The molecule has 0 radical (unpaired) electrons. The first-order valence-electron chi connectivity index (χ1n) is 5.40. The first-order valence-corrected chi connectivity index (χ1v) is 6.38. The highest BCUT2D eigenvalue weighted by Crippen LogP contribution is 2.26. The molecule has 0 aromatic heterocycles. The maximum Gasteiger partial charge on any atom is 0.289 e. The van der Waals surface area contributed by atoms with Crippen LogP contribution in [0.2, 0.25) is 0 Å². The molecule has 0 unspecified atom stereocenters. The molecule has 0 spiro atoms. The molecule has 5 nitrogen and oxygen atoms in total. The van der Waals surface area contributed by atoms with Gasteiger partial charge in [-0.1, -0.05) is 18.7 Å². The number of nitrogens with zero attached hydrogens (tertiary/aromatic N) is 2. The van der Waals surface area contributed by atoms with Crippen LogP contribution < -0.4 is 0 Å². The molecule has 2 fully saturated rings. The molecule has 0 atom stereocenters. The molecule has 3 amide bonds. The highest BCUT2D eigenvalue weighted by atomic mass is 32.2. The van der Waals surface area contributed by atoms with Gasteiger partial charge in [0, 0.05) is 19.5 Å². The molecular weight excluding hydrogens is 228 g/mol. The van der Waals surface area contributed by atoms with Gasteiger partial charge in [-0.3, -0.25) is 19.3 Å². The second kappa shape index (κ2) is 4.45. The predicted molar refractivity (Wildman–Crippen MR) is 60.0 cm³/mol. The molecule has 2 aliphatic rings. The Labute approximate surface area is 98.1 Å². The lowest BCUT2D eigenvalue weighted by Gasteiger charge is -2.42. The molecule has 0 saturated carbocycles. The zero-order chi connectivity index (χ0) is 11.7. The van der Waals surface area contributed by atoms with Crippen LogP contribution in [0.1, 0.15) is 19.8 Å². The zero-order valence-corrected chi connectivity index (χ0v) is 9.96. The Kier molecular flexibility index (Phi) is 3.18. The molecule has 6 heteroatoms. The van der Waals surface area contributed by atoms with Gasteiger partial charge in [0.05, 0.1) is 11.8 Å². The van der Waals surface area contributed by atoms with Crippen LogP contribution in [-0.4, -0.2) is 51.7 Å². The smallest absolute Gasteiger partial charge is 0.289 e. The Morgan fingerprint density at radius 2 is 2.12 bits per heavy atom. The summed E-state index contributed by atoms with van der Waals surface area (Å²) in [5.74, 6) is 0.242. The molecule has 0 aromatic carbocycles. The topological polar surface area (TPSA) is 57.7 Å². The second-order valence-corrected chi connectivity index (χ2v) is 4.95. The van der Waals surface area contributed by atoms with Gasteiger partial charge in [0.2, 0.25) is 11.8 Å². The first kappa shape index (κ1) is 11.4. The van der Waals surface area contributed by atoms with Crippen molar-refractivity contribution in [2.24, 2.45) is 0 Å². The van der Waals surface area contributed by atoms with Crippen molar-refractivity contribution in [3.8, 4) is 0 Å². The van der Waals surface area contributed by atoms with E-state index < -0.39 is 0 Å². The number of rotatable bonds is 3. The summed E-state index contributed by atoms with van der Waals surface area (Å²) in [6.45, 7) is 2.98. The molecular formula is C10H14N2O3S. The van der Waals surface area contributed by atoms with Crippen molar-refractivity contribution < 1.29 is 14.4 Å². The van der Waals surface area contributed by atoms with Crippen molar-refractivity contribution in [1.82, 2.24) is 9.80 Å². The van der Waals surface area contributed by atoms with Crippen LogP contribution in [-0.2, 0) is 9.59 Å². The van der Waals surface area contributed by atoms with Crippen molar-refractivity contribution in [3.63, 3.8) is 0 Å². The van der Waals surface area contributed by atoms with E-state index >= 15 is 0 Å². The van der Waals surface area contributed by atoms with Crippen LogP contribution in [0.15, 0.2) is 0 Å². The Bertz CT molecular complexity index is 323. The van der Waals surface area contributed by atoms with Gasteiger partial charge < -0.3 is 4.90 Å². The number of amides is 3. The van der Waals surface area contributed by atoms with E-state index in [9.17, 15) is 14.4 Å². The summed E-state index contributed by atoms with van der Waals surface area (Å²) in [4.78, 5) is 37.3. The van der Waals surface area contributed by atoms with Crippen LogP contribution in [0.3, 0.4) is 0 Å². The van der Waals surface area contributed by atoms with Gasteiger partial charge in [0.1, 0.15) is 0 Å². The number of imide groups is 1. The number of carbonyl (C=O) groups excluding carboxylic acids is 3. The molecule has 2 rings (SSSR count). The predicted octanol–water partition coefficient (Wildman–Crippen LogP) is 0.693. The number of likely N-dealkylation sites (tertiary alicyclic amines) is 1. The van der Waals surface area contributed by atoms with Gasteiger partial charge in [0.25, 0.3) is 5.24 Å². The van der Waals surface area contributed by atoms with Crippen molar-refractivity contribution in [1.29, 1.82) is 0 Å². The van der Waals surface area contributed by atoms with E-state index in [2.05, 4.69) is 0 Å². The Morgan fingerprint density at radius 3 is 2.62 bits per heavy atom. The molecule has 0 N–H and O–H groups in total. The Morgan fingerprint density at radius 1 is 1.44 bits per heavy atom. The summed E-state index contributed by atoms with van der Waals surface area (Å²) in [5, 5.41) is -0.169. The van der Waals surface area contributed by atoms with Gasteiger partial charge in [-0.2, -0.15) is 0 Å². The minimum absolute atomic E-state index is 0.0872. The van der Waals surface area contributed by atoms with Crippen molar-refractivity contribution in [2.75, 3.05) is 18.8 Å². The standard InChI is InChI=1S/C10H14N2O3S/c1-2-3-8(13)11-4-7(5-11)12-9(14)6-16-10(12)15/h7H,2-6H2,1H3. The monoisotopic (exact) mass is 242 g/mol. The largest absolute Gasteiger partial charge is 0.338 e. The molecule has 2 heterocycles. The van der Waals surface area contributed by atoms with Crippen molar-refractivity contribution >= 4 is 28.8 Å². The summed E-state index contributed by atoms with van der Waals surface area (Å²) in [6, 6.07) is -0.0872. The zero-order valence-electron chi connectivity index (χ0n) is 9.14. The van der Waals surface area contributed by atoms with Crippen LogP contribution in [0, 0.1) is 0 Å². The lowest BCUT2D eigenvalue weighted by molar-refractivity contribution is -0.142. The second-order valence-electron chi connectivity index (χ2n) is 4.02. The Hall–Kier alpha value is -1.04. The van der Waals surface area contributed by atoms with Gasteiger partial charge in [-0.05, 0) is 6.42 Å². The molecule has 2 aliphatic heterocycles. The molecule has 0 aliphatic carbocycles. The van der Waals surface area contributed by atoms with E-state index in [1.165, 1.54) is 4.90 Å². The normalized spacial score (nSPS) is 21.6. The highest BCUT2D eigenvalue weighted by Gasteiger charge is 2.42. The fraction of sp³-hybridized carbons (Fsp3) is 0.700. The average Bonchev–Trinajstić information content (AvgIpc) is 2.47. The number of hydrogen-bond donors (Lipinski definition) is 0. The maximum atomic E-state index is 11.5. The van der Waals surface area contributed by atoms with Crippen LogP contribution >= 0.6 is 11.8 Å². The van der Waals surface area contributed by atoms with E-state index in [1.54, 1.807) is 4.90 Å². The van der Waals surface area contributed by atoms with Crippen molar-refractivity contribution in [3.05, 3.63) is 0 Å². The lowest BCUT2D eigenvalue weighted by Crippen LogP contribution is -2.62. The number of thioether (sulfide) groups is 1. The van der Waals surface area contributed by atoms with Crippen LogP contribution in [0.25, 0.3) is 0 Å². The summed E-state index contributed by atoms with van der Waals surface area (Å²) >= 11 is 1.04. The van der Waals surface area contributed by atoms with E-state index in [0.29, 0.717) is 19.5 Å². The fourth-order valence-corrected chi connectivity index (χ4v) is 2.69. The minimum Gasteiger partial charge on any atom is -0.338 e. The third-order valence-corrected chi connectivity index (χ3v) is 3.66. The number of hydrogen-bond acceptors (Lipinski definition) is 4. The van der Waals surface area contributed by atoms with E-state index in [-0.39, 0.29) is 28.8 Å². The van der Waals surface area contributed by atoms with Crippen molar-refractivity contribution in [2.45, 2.75) is 25.8 Å². The van der Waals surface area contributed by atoms with E-state index in [1.807, 2.05) is 6.92 Å². The lowest BCUT2D eigenvalue weighted by atomic mass is 10.1. The SMILES string of the molecule is CCCC(=O)N1CC(N2C(=O)CSC2=O)C1. The first-order chi connectivity index (χ1) is 7.63. The highest BCUT2D eigenvalue weighted by molar-refractivity contribution is 8.14. The minimum atomic E-state index is -0.169. The Balaban J connectivity index is 1.86. The average molecular weight is 242 g/mol. The quantitative estimate of drug-likeness (QED) is 0.730. The molecule has 16 heavy (non-hydrogen) atoms. The van der Waals surface area contributed by atoms with Gasteiger partial charge in [0.15, 0.2) is 0 Å². The van der Waals surface area contributed by atoms with E-state index in [0.717, 1.165) is 18.2 Å². The summed E-state index contributed by atoms with van der Waals surface area (Å²) < 4.78 is 0. The van der Waals surface area contributed by atoms with E-state index in [4.69, 9.17) is 0 Å². The maximum absolute atomic E-state index is 11.5. The van der Waals surface area contributed by atoms with Crippen LogP contribution in [0.5, 0.6) is 0 Å². The fourth-order valence-electron chi connectivity index (χ4n) is 1.91. The molecule has 2 saturated heterocycles. The summed E-state index contributed by atoms with van der Waals surface area (Å²) in [6.07, 6.45) is 1.38. The van der Waals surface area contributed by atoms with Crippen LogP contribution in [0.4, 0.5) is 4.79 Å². The summed E-state index contributed by atoms with van der Waals surface area (Å²) in [7, 11) is 0. The summed E-state index contributed by atoms with van der Waals surface area (Å²) in [5.41, 5.74) is 0. The van der Waals surface area contributed by atoms with Gasteiger partial charge >= 0.3 is 0 Å². The van der Waals surface area contributed by atoms with Gasteiger partial charge in [-0.25, -0.2) is 0 Å². The van der Waals surface area contributed by atoms with Gasteiger partial charge in [-0.15, -0.1) is 0 Å². The number of carbonyl (C=O) groups is 3. The molecule has 88 valence electrons. The third-order valence-electron chi connectivity index (χ3n) is 2.83. The molecule has 0 aromatic rings.